The predicted molar refractivity (Wildman–Crippen MR) is 145 cm³/mol. The number of aryl methyl sites for hydroxylation is 1. The molecule has 1 aliphatic carbocycles. The third-order valence-electron chi connectivity index (χ3n) is 6.47. The molecule has 1 atom stereocenters. The van der Waals surface area contributed by atoms with Gasteiger partial charge in [-0.25, -0.2) is 9.31 Å². The molecule has 0 spiro atoms. The number of aromatic nitrogens is 3. The van der Waals surface area contributed by atoms with Gasteiger partial charge in [0.1, 0.15) is 18.0 Å². The molecule has 0 bridgehead atoms. The van der Waals surface area contributed by atoms with Crippen LogP contribution in [0.5, 0.6) is 5.88 Å². The van der Waals surface area contributed by atoms with Gasteiger partial charge < -0.3 is 24.6 Å². The zero-order chi connectivity index (χ0) is 27.8. The topological polar surface area (TPSA) is 120 Å². The van der Waals surface area contributed by atoms with Crippen LogP contribution in [0.15, 0.2) is 59.3 Å². The normalized spacial score (nSPS) is 15.0. The lowest BCUT2D eigenvalue weighted by Gasteiger charge is -2.32. The van der Waals surface area contributed by atoms with Crippen LogP contribution in [0, 0.1) is 12.8 Å². The highest BCUT2D eigenvalue weighted by Gasteiger charge is 2.33. The minimum atomic E-state index is -0.919. The number of nitrogens with one attached hydrogen (secondary N) is 2. The van der Waals surface area contributed by atoms with Crippen molar-refractivity contribution in [2.75, 3.05) is 11.9 Å². The second-order valence-corrected chi connectivity index (χ2v) is 11.1. The van der Waals surface area contributed by atoms with Gasteiger partial charge in [0, 0.05) is 18.2 Å². The van der Waals surface area contributed by atoms with Crippen LogP contribution < -0.4 is 15.4 Å². The van der Waals surface area contributed by atoms with Gasteiger partial charge in [-0.2, -0.15) is 5.10 Å². The third-order valence-corrected chi connectivity index (χ3v) is 6.47. The summed E-state index contributed by atoms with van der Waals surface area (Å²) in [5, 5.41) is 14.5. The van der Waals surface area contributed by atoms with Crippen LogP contribution in [0.25, 0.3) is 16.6 Å². The number of nitrogens with zero attached hydrogens (tertiary/aromatic N) is 3. The molecule has 0 aliphatic heterocycles. The quantitative estimate of drug-likeness (QED) is 0.310. The SMILES string of the molecule is Cc1onc(OC[C@@](C)(NC(=O)OC(C)(C)C)c2ccccc2)c1-c1ccn2nc(NC(=O)C3CC3)cc2c1. The fourth-order valence-electron chi connectivity index (χ4n) is 4.30. The first-order valence-corrected chi connectivity index (χ1v) is 13.0. The summed E-state index contributed by atoms with van der Waals surface area (Å²) >= 11 is 0. The molecule has 0 saturated heterocycles. The first-order valence-electron chi connectivity index (χ1n) is 13.0. The minimum Gasteiger partial charge on any atom is -0.472 e. The molecule has 3 heterocycles. The number of carbonyl (C=O) groups excluding carboxylic acids is 2. The highest BCUT2D eigenvalue weighted by atomic mass is 16.6. The van der Waals surface area contributed by atoms with Gasteiger partial charge in [0.2, 0.25) is 5.91 Å². The van der Waals surface area contributed by atoms with Crippen molar-refractivity contribution in [2.45, 2.75) is 58.6 Å². The zero-order valence-electron chi connectivity index (χ0n) is 22.8. The fourth-order valence-corrected chi connectivity index (χ4v) is 4.30. The predicted octanol–water partition coefficient (Wildman–Crippen LogP) is 5.47. The van der Waals surface area contributed by atoms with Crippen molar-refractivity contribution < 1.29 is 23.6 Å². The van der Waals surface area contributed by atoms with Crippen LogP contribution in [-0.4, -0.2) is 39.0 Å². The van der Waals surface area contributed by atoms with Gasteiger partial charge in [0.05, 0.1) is 16.6 Å². The van der Waals surface area contributed by atoms with Crippen molar-refractivity contribution in [1.82, 2.24) is 20.1 Å². The lowest BCUT2D eigenvalue weighted by atomic mass is 9.93. The molecular weight excluding hydrogens is 498 g/mol. The number of hydrogen-bond donors (Lipinski definition) is 2. The smallest absolute Gasteiger partial charge is 0.408 e. The number of rotatable bonds is 8. The molecule has 2 N–H and O–H groups in total. The molecule has 1 aliphatic rings. The molecule has 10 heteroatoms. The molecule has 1 aromatic carbocycles. The van der Waals surface area contributed by atoms with E-state index in [4.69, 9.17) is 14.0 Å². The van der Waals surface area contributed by atoms with Crippen LogP contribution >= 0.6 is 0 Å². The maximum atomic E-state index is 12.7. The highest BCUT2D eigenvalue weighted by molar-refractivity contribution is 5.93. The van der Waals surface area contributed by atoms with Gasteiger partial charge in [0.15, 0.2) is 5.82 Å². The largest absolute Gasteiger partial charge is 0.472 e. The lowest BCUT2D eigenvalue weighted by Crippen LogP contribution is -2.49. The van der Waals surface area contributed by atoms with Gasteiger partial charge in [-0.15, -0.1) is 0 Å². The Labute approximate surface area is 226 Å². The first kappa shape index (κ1) is 26.3. The molecule has 2 amide bonds. The van der Waals surface area contributed by atoms with Crippen LogP contribution in [-0.2, 0) is 15.1 Å². The molecule has 1 fully saturated rings. The molecule has 204 valence electrons. The number of ether oxygens (including phenoxy) is 2. The van der Waals surface area contributed by atoms with Crippen molar-refractivity contribution in [3.63, 3.8) is 0 Å². The number of benzene rings is 1. The summed E-state index contributed by atoms with van der Waals surface area (Å²) in [6, 6.07) is 15.2. The number of amides is 2. The van der Waals surface area contributed by atoms with Crippen LogP contribution in [0.1, 0.15) is 51.9 Å². The first-order chi connectivity index (χ1) is 18.5. The highest BCUT2D eigenvalue weighted by Crippen LogP contribution is 2.35. The lowest BCUT2D eigenvalue weighted by molar-refractivity contribution is -0.117. The van der Waals surface area contributed by atoms with Crippen molar-refractivity contribution >= 4 is 23.3 Å². The van der Waals surface area contributed by atoms with E-state index in [0.717, 1.165) is 29.5 Å². The number of carbonyl (C=O) groups is 2. The van der Waals surface area contributed by atoms with Gasteiger partial charge in [-0.3, -0.25) is 4.79 Å². The Morgan fingerprint density at radius 1 is 1.10 bits per heavy atom. The van der Waals surface area contributed by atoms with Gasteiger partial charge in [-0.05, 0) is 75.9 Å². The van der Waals surface area contributed by atoms with Crippen molar-refractivity contribution in [3.8, 4) is 17.0 Å². The van der Waals surface area contributed by atoms with E-state index in [1.165, 1.54) is 0 Å². The standard InChI is InChI=1S/C29H33N5O5/c1-18-24(20-13-14-34-22(15-20)16-23(32-34)30-25(35)19-11-12-19)26(33-39-18)37-17-29(5,21-9-7-6-8-10-21)31-27(36)38-28(2,3)4/h6-10,13-16,19H,11-12,17H2,1-5H3,(H,31,36)(H,30,32,35)/t29-/m1/s1. The number of anilines is 1. The Kier molecular flexibility index (Phi) is 6.80. The number of alkyl carbamates (subject to hydrolysis) is 1. The van der Waals surface area contributed by atoms with E-state index >= 15 is 0 Å². The van der Waals surface area contributed by atoms with E-state index in [2.05, 4.69) is 20.9 Å². The maximum Gasteiger partial charge on any atom is 0.408 e. The summed E-state index contributed by atoms with van der Waals surface area (Å²) in [6.07, 6.45) is 3.11. The monoisotopic (exact) mass is 531 g/mol. The van der Waals surface area contributed by atoms with Crippen molar-refractivity contribution in [2.24, 2.45) is 5.92 Å². The van der Waals surface area contributed by atoms with Gasteiger partial charge in [0.25, 0.3) is 5.88 Å². The Morgan fingerprint density at radius 2 is 1.85 bits per heavy atom. The number of hydrogen-bond acceptors (Lipinski definition) is 7. The third kappa shape index (κ3) is 6.05. The second-order valence-electron chi connectivity index (χ2n) is 11.1. The average Bonchev–Trinajstić information content (AvgIpc) is 3.55. The summed E-state index contributed by atoms with van der Waals surface area (Å²) in [4.78, 5) is 24.9. The number of fused-ring (bicyclic) bond motifs is 1. The van der Waals surface area contributed by atoms with Crippen LogP contribution in [0.3, 0.4) is 0 Å². The molecular formula is C29H33N5O5. The van der Waals surface area contributed by atoms with Gasteiger partial charge >= 0.3 is 6.09 Å². The Hall–Kier alpha value is -4.34. The second kappa shape index (κ2) is 10.1. The Morgan fingerprint density at radius 3 is 2.54 bits per heavy atom. The van der Waals surface area contributed by atoms with E-state index in [9.17, 15) is 9.59 Å². The molecule has 3 aromatic heterocycles. The average molecular weight is 532 g/mol. The van der Waals surface area contributed by atoms with E-state index in [-0.39, 0.29) is 18.4 Å². The maximum absolute atomic E-state index is 12.7. The number of pyridine rings is 1. The fraction of sp³-hybridized carbons (Fsp3) is 0.379. The van der Waals surface area contributed by atoms with Crippen molar-refractivity contribution in [1.29, 1.82) is 0 Å². The molecule has 4 aromatic rings. The molecule has 10 nitrogen and oxygen atoms in total. The molecule has 1 saturated carbocycles. The molecule has 39 heavy (non-hydrogen) atoms. The summed E-state index contributed by atoms with van der Waals surface area (Å²) in [5.41, 5.74) is 1.58. The zero-order valence-corrected chi connectivity index (χ0v) is 22.8. The van der Waals surface area contributed by atoms with E-state index in [1.54, 1.807) is 4.52 Å². The Balaban J connectivity index is 1.39. The van der Waals surface area contributed by atoms with E-state index in [1.807, 2.05) is 89.3 Å². The summed E-state index contributed by atoms with van der Waals surface area (Å²) < 4.78 is 18.9. The van der Waals surface area contributed by atoms with Crippen LogP contribution in [0.2, 0.25) is 0 Å². The van der Waals surface area contributed by atoms with Crippen molar-refractivity contribution in [3.05, 3.63) is 66.1 Å². The van der Waals surface area contributed by atoms with Crippen LogP contribution in [0.4, 0.5) is 10.6 Å². The van der Waals surface area contributed by atoms with E-state index in [0.29, 0.717) is 23.0 Å². The van der Waals surface area contributed by atoms with Gasteiger partial charge in [-0.1, -0.05) is 30.3 Å². The Bertz CT molecular complexity index is 1500. The van der Waals surface area contributed by atoms with E-state index < -0.39 is 17.2 Å². The summed E-state index contributed by atoms with van der Waals surface area (Å²) in [6.45, 7) is 9.20. The minimum absolute atomic E-state index is 0.00523. The molecule has 0 unspecified atom stereocenters. The molecule has 0 radical (unpaired) electrons. The summed E-state index contributed by atoms with van der Waals surface area (Å²) in [5.74, 6) is 1.49. The summed E-state index contributed by atoms with van der Waals surface area (Å²) in [7, 11) is 0. The molecule has 5 rings (SSSR count).